The van der Waals surface area contributed by atoms with Gasteiger partial charge in [0.2, 0.25) is 4.96 Å². The smallest absolute Gasteiger partial charge is 0.291 e. The summed E-state index contributed by atoms with van der Waals surface area (Å²) >= 11 is 4.64. The molecule has 0 atom stereocenters. The Morgan fingerprint density at radius 1 is 1.32 bits per heavy atom. The lowest BCUT2D eigenvalue weighted by molar-refractivity contribution is 0.0995. The van der Waals surface area contributed by atoms with Crippen molar-refractivity contribution >= 4 is 43.8 Å². The van der Waals surface area contributed by atoms with E-state index in [1.54, 1.807) is 16.6 Å². The normalized spacial score (nSPS) is 11.1. The third-order valence-electron chi connectivity index (χ3n) is 3.54. The molecule has 25 heavy (non-hydrogen) atoms. The predicted octanol–water partition coefficient (Wildman–Crippen LogP) is 4.02. The van der Waals surface area contributed by atoms with Crippen LogP contribution < -0.4 is 5.32 Å². The molecule has 4 aromatic rings. The number of hydrogen-bond acceptors (Lipinski definition) is 6. The Hall–Kier alpha value is -2.52. The largest absolute Gasteiger partial charge is 0.444 e. The van der Waals surface area contributed by atoms with Gasteiger partial charge in [-0.05, 0) is 40.2 Å². The number of halogens is 1. The van der Waals surface area contributed by atoms with Gasteiger partial charge >= 0.3 is 0 Å². The summed E-state index contributed by atoms with van der Waals surface area (Å²) in [5.74, 6) is 0.753. The molecule has 0 spiro atoms. The first-order valence-electron chi connectivity index (χ1n) is 7.52. The van der Waals surface area contributed by atoms with E-state index in [0.29, 0.717) is 10.4 Å². The zero-order chi connectivity index (χ0) is 17.4. The zero-order valence-corrected chi connectivity index (χ0v) is 15.5. The van der Waals surface area contributed by atoms with Crippen LogP contribution in [0.4, 0.5) is 5.69 Å². The van der Waals surface area contributed by atoms with Crippen LogP contribution in [0.5, 0.6) is 0 Å². The molecule has 3 heterocycles. The number of rotatable bonds is 4. The number of fused-ring (bicyclic) bond motifs is 1. The van der Waals surface area contributed by atoms with E-state index in [2.05, 4.69) is 36.5 Å². The summed E-state index contributed by atoms with van der Waals surface area (Å²) in [5, 5.41) is 16.4. The van der Waals surface area contributed by atoms with Crippen molar-refractivity contribution in [2.24, 2.45) is 0 Å². The van der Waals surface area contributed by atoms with E-state index in [9.17, 15) is 4.79 Å². The number of anilines is 1. The molecule has 1 aromatic carbocycles. The van der Waals surface area contributed by atoms with Crippen LogP contribution in [0.2, 0.25) is 0 Å². The number of hydrogen-bond donors (Lipinski definition) is 1. The van der Waals surface area contributed by atoms with E-state index in [4.69, 9.17) is 4.42 Å². The van der Waals surface area contributed by atoms with Gasteiger partial charge in [-0.2, -0.15) is 9.61 Å². The maximum atomic E-state index is 12.2. The van der Waals surface area contributed by atoms with Crippen LogP contribution in [0.3, 0.4) is 0 Å². The van der Waals surface area contributed by atoms with Gasteiger partial charge in [0.05, 0.1) is 0 Å². The molecule has 0 fully saturated rings. The number of furan rings is 1. The number of benzene rings is 1. The fraction of sp³-hybridized carbons (Fsp3) is 0.125. The minimum atomic E-state index is -0.311. The second-order valence-corrected chi connectivity index (χ2v) is 6.95. The summed E-state index contributed by atoms with van der Waals surface area (Å²) in [5.41, 5.74) is 1.56. The Morgan fingerprint density at radius 2 is 2.20 bits per heavy atom. The van der Waals surface area contributed by atoms with Gasteiger partial charge in [0.25, 0.3) is 5.91 Å². The topological polar surface area (TPSA) is 85.3 Å². The predicted molar refractivity (Wildman–Crippen MR) is 97.8 cm³/mol. The van der Waals surface area contributed by atoms with Crippen molar-refractivity contribution in [2.45, 2.75) is 13.3 Å². The van der Waals surface area contributed by atoms with Crippen molar-refractivity contribution in [1.29, 1.82) is 0 Å². The van der Waals surface area contributed by atoms with Crippen LogP contribution in [0.15, 0.2) is 45.5 Å². The standard InChI is InChI=1S/C16H12BrN5O2S/c1-2-13-19-20-16-22(13)21-15(25-16)9-4-3-5-10(8-9)18-14(23)11-6-7-12(17)24-11/h3-8H,2H2,1H3,(H,18,23). The van der Waals surface area contributed by atoms with Gasteiger partial charge in [-0.15, -0.1) is 10.2 Å². The lowest BCUT2D eigenvalue weighted by atomic mass is 10.2. The second kappa shape index (κ2) is 6.41. The molecule has 0 bridgehead atoms. The molecule has 0 aliphatic rings. The number of nitrogens with zero attached hydrogens (tertiary/aromatic N) is 4. The fourth-order valence-corrected chi connectivity index (χ4v) is 3.51. The monoisotopic (exact) mass is 417 g/mol. The van der Waals surface area contributed by atoms with Crippen LogP contribution in [-0.4, -0.2) is 25.7 Å². The summed E-state index contributed by atoms with van der Waals surface area (Å²) in [7, 11) is 0. The Bertz CT molecular complexity index is 1070. The van der Waals surface area contributed by atoms with Crippen LogP contribution >= 0.6 is 27.3 Å². The second-order valence-electron chi connectivity index (χ2n) is 5.21. The minimum absolute atomic E-state index is 0.239. The molecule has 7 nitrogen and oxygen atoms in total. The van der Waals surface area contributed by atoms with Gasteiger partial charge in [0.1, 0.15) is 5.01 Å². The van der Waals surface area contributed by atoms with Crippen LogP contribution in [0.1, 0.15) is 23.3 Å². The molecule has 0 saturated heterocycles. The maximum Gasteiger partial charge on any atom is 0.291 e. The van der Waals surface area contributed by atoms with Crippen molar-refractivity contribution in [3.8, 4) is 10.6 Å². The van der Waals surface area contributed by atoms with Crippen molar-refractivity contribution in [2.75, 3.05) is 5.32 Å². The molecule has 0 aliphatic carbocycles. The number of amides is 1. The molecule has 0 saturated carbocycles. The molecular weight excluding hydrogens is 406 g/mol. The average molecular weight is 418 g/mol. The first kappa shape index (κ1) is 16.0. The number of nitrogens with one attached hydrogen (secondary N) is 1. The van der Waals surface area contributed by atoms with Crippen molar-refractivity contribution in [3.05, 3.63) is 52.7 Å². The average Bonchev–Trinajstić information content (AvgIpc) is 3.30. The van der Waals surface area contributed by atoms with E-state index in [1.165, 1.54) is 11.3 Å². The molecule has 126 valence electrons. The highest BCUT2D eigenvalue weighted by atomic mass is 79.9. The van der Waals surface area contributed by atoms with E-state index in [0.717, 1.165) is 27.8 Å². The first-order valence-corrected chi connectivity index (χ1v) is 9.13. The summed E-state index contributed by atoms with van der Waals surface area (Å²) in [4.78, 5) is 12.9. The summed E-state index contributed by atoms with van der Waals surface area (Å²) in [6, 6.07) is 10.8. The van der Waals surface area contributed by atoms with E-state index < -0.39 is 0 Å². The summed E-state index contributed by atoms with van der Waals surface area (Å²) < 4.78 is 7.53. The molecule has 1 N–H and O–H groups in total. The maximum absolute atomic E-state index is 12.2. The third-order valence-corrected chi connectivity index (χ3v) is 4.91. The van der Waals surface area contributed by atoms with Crippen molar-refractivity contribution in [1.82, 2.24) is 19.8 Å². The van der Waals surface area contributed by atoms with Gasteiger partial charge < -0.3 is 9.73 Å². The van der Waals surface area contributed by atoms with Gasteiger partial charge in [0.15, 0.2) is 16.3 Å². The molecule has 4 rings (SSSR count). The number of carbonyl (C=O) groups is 1. The van der Waals surface area contributed by atoms with E-state index in [-0.39, 0.29) is 11.7 Å². The van der Waals surface area contributed by atoms with Gasteiger partial charge in [0, 0.05) is 17.7 Å². The quantitative estimate of drug-likeness (QED) is 0.541. The van der Waals surface area contributed by atoms with E-state index in [1.807, 2.05) is 31.2 Å². The summed E-state index contributed by atoms with van der Waals surface area (Å²) in [6.45, 7) is 2.01. The molecule has 0 unspecified atom stereocenters. The molecule has 0 radical (unpaired) electrons. The molecule has 9 heteroatoms. The number of aryl methyl sites for hydroxylation is 1. The molecule has 3 aromatic heterocycles. The molecule has 0 aliphatic heterocycles. The van der Waals surface area contributed by atoms with Crippen LogP contribution in [-0.2, 0) is 6.42 Å². The highest BCUT2D eigenvalue weighted by molar-refractivity contribution is 9.10. The van der Waals surface area contributed by atoms with Gasteiger partial charge in [-0.25, -0.2) is 0 Å². The highest BCUT2D eigenvalue weighted by Gasteiger charge is 2.14. The Balaban J connectivity index is 1.62. The van der Waals surface area contributed by atoms with Crippen molar-refractivity contribution < 1.29 is 9.21 Å². The van der Waals surface area contributed by atoms with E-state index >= 15 is 0 Å². The van der Waals surface area contributed by atoms with Crippen molar-refractivity contribution in [3.63, 3.8) is 0 Å². The van der Waals surface area contributed by atoms with Crippen LogP contribution in [0, 0.1) is 0 Å². The Labute approximate surface area is 154 Å². The first-order chi connectivity index (χ1) is 12.1. The molecular formula is C16H12BrN5O2S. The minimum Gasteiger partial charge on any atom is -0.444 e. The lowest BCUT2D eigenvalue weighted by Crippen LogP contribution is -2.10. The van der Waals surface area contributed by atoms with Gasteiger partial charge in [-0.3, -0.25) is 4.79 Å². The fourth-order valence-electron chi connectivity index (χ4n) is 2.35. The summed E-state index contributed by atoms with van der Waals surface area (Å²) in [6.07, 6.45) is 0.763. The zero-order valence-electron chi connectivity index (χ0n) is 13.1. The number of carbonyl (C=O) groups excluding carboxylic acids is 1. The Kier molecular flexibility index (Phi) is 4.10. The van der Waals surface area contributed by atoms with Crippen LogP contribution in [0.25, 0.3) is 15.5 Å². The number of aromatic nitrogens is 4. The Morgan fingerprint density at radius 3 is 2.96 bits per heavy atom. The molecule has 1 amide bonds. The third kappa shape index (κ3) is 3.08. The lowest BCUT2D eigenvalue weighted by Gasteiger charge is -2.04. The highest BCUT2D eigenvalue weighted by Crippen LogP contribution is 2.27. The van der Waals surface area contributed by atoms with Gasteiger partial charge in [-0.1, -0.05) is 30.4 Å². The SMILES string of the molecule is CCc1nnc2sc(-c3cccc(NC(=O)c4ccc(Br)o4)c3)nn12.